The second-order valence-corrected chi connectivity index (χ2v) is 8.14. The number of unbranched alkanes of at least 4 members (excludes halogenated alkanes) is 1. The van der Waals surface area contributed by atoms with Gasteiger partial charge in [-0.25, -0.2) is 4.98 Å². The van der Waals surface area contributed by atoms with E-state index in [0.717, 1.165) is 52.9 Å². The van der Waals surface area contributed by atoms with E-state index in [4.69, 9.17) is 27.1 Å². The number of fused-ring (bicyclic) bond motifs is 3. The van der Waals surface area contributed by atoms with E-state index < -0.39 is 0 Å². The summed E-state index contributed by atoms with van der Waals surface area (Å²) in [6.45, 7) is 6.75. The molecule has 1 unspecified atom stereocenters. The van der Waals surface area contributed by atoms with Crippen molar-refractivity contribution in [1.82, 2.24) is 19.6 Å². The van der Waals surface area contributed by atoms with Gasteiger partial charge in [-0.15, -0.1) is 10.2 Å². The quantitative estimate of drug-likeness (QED) is 0.424. The van der Waals surface area contributed by atoms with Crippen LogP contribution in [0, 0.1) is 6.92 Å². The number of aryl methyl sites for hydroxylation is 1. The summed E-state index contributed by atoms with van der Waals surface area (Å²) in [5.74, 6) is 1.44. The number of benzene rings is 2. The Bertz CT molecular complexity index is 1200. The Balaban J connectivity index is 1.90. The zero-order chi connectivity index (χ0) is 21.3. The first kappa shape index (κ1) is 20.6. The lowest BCUT2D eigenvalue weighted by molar-refractivity contribution is 0.309. The van der Waals surface area contributed by atoms with E-state index in [1.165, 1.54) is 0 Å². The van der Waals surface area contributed by atoms with Crippen LogP contribution in [0.25, 0.3) is 28.1 Å². The van der Waals surface area contributed by atoms with E-state index in [2.05, 4.69) is 29.3 Å². The summed E-state index contributed by atoms with van der Waals surface area (Å²) in [7, 11) is 0. The monoisotopic (exact) mass is 423 g/mol. The molecule has 30 heavy (non-hydrogen) atoms. The fourth-order valence-electron chi connectivity index (χ4n) is 3.59. The van der Waals surface area contributed by atoms with Gasteiger partial charge in [0.2, 0.25) is 0 Å². The zero-order valence-corrected chi connectivity index (χ0v) is 18.3. The van der Waals surface area contributed by atoms with E-state index in [1.54, 1.807) is 0 Å². The minimum Gasteiger partial charge on any atom is -0.494 e. The number of hydrogen-bond acceptors (Lipinski definition) is 5. The van der Waals surface area contributed by atoms with Crippen LogP contribution in [0.5, 0.6) is 5.75 Å². The number of ether oxygens (including phenoxy) is 1. The highest BCUT2D eigenvalue weighted by Gasteiger charge is 2.18. The third-order valence-electron chi connectivity index (χ3n) is 5.06. The molecule has 2 aromatic heterocycles. The molecule has 2 aromatic carbocycles. The van der Waals surface area contributed by atoms with Gasteiger partial charge in [-0.2, -0.15) is 0 Å². The van der Waals surface area contributed by atoms with E-state index in [1.807, 2.05) is 42.5 Å². The van der Waals surface area contributed by atoms with Gasteiger partial charge < -0.3 is 10.5 Å². The fourth-order valence-corrected chi connectivity index (χ4v) is 3.80. The summed E-state index contributed by atoms with van der Waals surface area (Å²) in [6.07, 6.45) is 2.87. The van der Waals surface area contributed by atoms with Gasteiger partial charge in [0.25, 0.3) is 0 Å². The molecular formula is C23H26ClN5O. The first-order valence-corrected chi connectivity index (χ1v) is 10.7. The van der Waals surface area contributed by atoms with Crippen molar-refractivity contribution in [2.24, 2.45) is 5.73 Å². The Morgan fingerprint density at radius 2 is 2.00 bits per heavy atom. The van der Waals surface area contributed by atoms with Crippen molar-refractivity contribution in [3.8, 4) is 17.1 Å². The number of hydrogen-bond donors (Lipinski definition) is 1. The van der Waals surface area contributed by atoms with Crippen LogP contribution in [-0.2, 0) is 6.42 Å². The van der Waals surface area contributed by atoms with Crippen molar-refractivity contribution in [3.05, 3.63) is 52.7 Å². The fraction of sp³-hybridized carbons (Fsp3) is 0.348. The minimum atomic E-state index is 0.0723. The maximum absolute atomic E-state index is 6.57. The van der Waals surface area contributed by atoms with Gasteiger partial charge in [-0.1, -0.05) is 31.0 Å². The highest BCUT2D eigenvalue weighted by molar-refractivity contribution is 6.33. The second kappa shape index (κ2) is 8.58. The molecule has 4 aromatic rings. The van der Waals surface area contributed by atoms with Crippen molar-refractivity contribution < 1.29 is 4.74 Å². The van der Waals surface area contributed by atoms with Crippen molar-refractivity contribution in [1.29, 1.82) is 0 Å². The molecule has 0 radical (unpaired) electrons. The van der Waals surface area contributed by atoms with Crippen molar-refractivity contribution in [2.45, 2.75) is 46.1 Å². The van der Waals surface area contributed by atoms with Gasteiger partial charge in [0.1, 0.15) is 5.75 Å². The molecule has 4 rings (SSSR count). The molecule has 0 aliphatic rings. The first-order chi connectivity index (χ1) is 14.5. The van der Waals surface area contributed by atoms with Crippen LogP contribution in [0.2, 0.25) is 5.02 Å². The number of nitrogens with zero attached hydrogens (tertiary/aromatic N) is 4. The Morgan fingerprint density at radius 3 is 2.77 bits per heavy atom. The molecule has 7 heteroatoms. The summed E-state index contributed by atoms with van der Waals surface area (Å²) >= 11 is 6.57. The summed E-state index contributed by atoms with van der Waals surface area (Å²) in [4.78, 5) is 4.71. The Kier molecular flexibility index (Phi) is 5.88. The van der Waals surface area contributed by atoms with Crippen LogP contribution >= 0.6 is 11.6 Å². The van der Waals surface area contributed by atoms with Crippen molar-refractivity contribution in [3.63, 3.8) is 0 Å². The molecule has 156 valence electrons. The maximum Gasteiger partial charge on any atom is 0.183 e. The van der Waals surface area contributed by atoms with E-state index in [9.17, 15) is 0 Å². The van der Waals surface area contributed by atoms with Gasteiger partial charge in [-0.3, -0.25) is 4.40 Å². The normalized spacial score (nSPS) is 12.6. The summed E-state index contributed by atoms with van der Waals surface area (Å²) < 4.78 is 7.91. The molecule has 0 saturated carbocycles. The van der Waals surface area contributed by atoms with Crippen LogP contribution in [0.4, 0.5) is 0 Å². The average Bonchev–Trinajstić information content (AvgIpc) is 3.15. The molecule has 0 aliphatic carbocycles. The van der Waals surface area contributed by atoms with Crippen molar-refractivity contribution >= 4 is 28.3 Å². The lowest BCUT2D eigenvalue weighted by Gasteiger charge is -2.12. The highest BCUT2D eigenvalue weighted by atomic mass is 35.5. The number of halogens is 1. The number of nitrogens with two attached hydrogens (primary N) is 1. The summed E-state index contributed by atoms with van der Waals surface area (Å²) in [5, 5.41) is 9.48. The van der Waals surface area contributed by atoms with Crippen LogP contribution in [0.1, 0.15) is 37.9 Å². The predicted octanol–water partition coefficient (Wildman–Crippen LogP) is 4.97. The molecule has 2 N–H and O–H groups in total. The predicted molar refractivity (Wildman–Crippen MR) is 121 cm³/mol. The zero-order valence-electron chi connectivity index (χ0n) is 17.5. The minimum absolute atomic E-state index is 0.0723. The molecule has 2 heterocycles. The highest BCUT2D eigenvalue weighted by Crippen LogP contribution is 2.33. The standard InChI is InChI=1S/C23H26ClN5O/c1-4-5-10-30-17-7-8-19(24)18(13-17)23-28-27-22-15(3)26-20-9-6-16(11-14(2)25)12-21(20)29(22)23/h6-9,12-14H,4-5,10-11,25H2,1-3H3. The van der Waals surface area contributed by atoms with E-state index in [0.29, 0.717) is 23.1 Å². The molecule has 0 saturated heterocycles. The number of rotatable bonds is 7. The summed E-state index contributed by atoms with van der Waals surface area (Å²) in [6, 6.07) is 11.9. The SMILES string of the molecule is CCCCOc1ccc(Cl)c(-c2nnc3c(C)nc4ccc(CC(C)N)cc4n23)c1. The lowest BCUT2D eigenvalue weighted by atomic mass is 10.1. The molecule has 0 bridgehead atoms. The van der Waals surface area contributed by atoms with Crippen molar-refractivity contribution in [2.75, 3.05) is 6.61 Å². The molecule has 1 atom stereocenters. The average molecular weight is 424 g/mol. The largest absolute Gasteiger partial charge is 0.494 e. The van der Waals surface area contributed by atoms with Gasteiger partial charge in [0.05, 0.1) is 28.4 Å². The van der Waals surface area contributed by atoms with Crippen LogP contribution in [0.15, 0.2) is 36.4 Å². The Hall–Kier alpha value is -2.70. The van der Waals surface area contributed by atoms with Gasteiger partial charge >= 0.3 is 0 Å². The third-order valence-corrected chi connectivity index (χ3v) is 5.39. The smallest absolute Gasteiger partial charge is 0.183 e. The molecule has 0 spiro atoms. The van der Waals surface area contributed by atoms with Crippen LogP contribution < -0.4 is 10.5 Å². The maximum atomic E-state index is 6.57. The number of aromatic nitrogens is 4. The third kappa shape index (κ3) is 3.98. The molecule has 6 nitrogen and oxygen atoms in total. The molecule has 0 fully saturated rings. The van der Waals surface area contributed by atoms with Gasteiger partial charge in [-0.05, 0) is 62.6 Å². The molecule has 0 amide bonds. The second-order valence-electron chi connectivity index (χ2n) is 7.73. The molecule has 0 aliphatic heterocycles. The van der Waals surface area contributed by atoms with Crippen LogP contribution in [-0.4, -0.2) is 32.2 Å². The van der Waals surface area contributed by atoms with Gasteiger partial charge in [0, 0.05) is 11.6 Å². The lowest BCUT2D eigenvalue weighted by Crippen LogP contribution is -2.17. The first-order valence-electron chi connectivity index (χ1n) is 10.3. The summed E-state index contributed by atoms with van der Waals surface area (Å²) in [5.41, 5.74) is 11.3. The van der Waals surface area contributed by atoms with Crippen LogP contribution in [0.3, 0.4) is 0 Å². The Labute approximate surface area is 181 Å². The van der Waals surface area contributed by atoms with E-state index in [-0.39, 0.29) is 6.04 Å². The van der Waals surface area contributed by atoms with E-state index >= 15 is 0 Å². The topological polar surface area (TPSA) is 78.3 Å². The molecular weight excluding hydrogens is 398 g/mol. The van der Waals surface area contributed by atoms with Gasteiger partial charge in [0.15, 0.2) is 11.5 Å². The Morgan fingerprint density at radius 1 is 1.17 bits per heavy atom.